The summed E-state index contributed by atoms with van der Waals surface area (Å²) in [5.74, 6) is -2.65. The van der Waals surface area contributed by atoms with E-state index in [4.69, 9.17) is 22.2 Å². The lowest BCUT2D eigenvalue weighted by atomic mass is 9.80. The number of amides is 4. The minimum absolute atomic E-state index is 0.0413. The summed E-state index contributed by atoms with van der Waals surface area (Å²) in [6.45, 7) is 5.68. The van der Waals surface area contributed by atoms with Crippen LogP contribution in [-0.2, 0) is 28.8 Å². The lowest BCUT2D eigenvalue weighted by Crippen LogP contribution is -2.59. The second-order valence-electron chi connectivity index (χ2n) is 15.1. The highest BCUT2D eigenvalue weighted by Gasteiger charge is 2.55. The number of Topliss-reactive ketones (excluding diaryl/α,β-unsaturated/α-hetero) is 1. The average molecular weight is 670 g/mol. The Hall–Kier alpha value is -3.47. The fraction of sp³-hybridized carbons (Fsp3) is 0.657. The quantitative estimate of drug-likeness (QED) is 0.302. The molecule has 4 amide bonds. The van der Waals surface area contributed by atoms with Crippen LogP contribution in [-0.4, -0.2) is 70.3 Å². The summed E-state index contributed by atoms with van der Waals surface area (Å²) in [7, 11) is 0. The number of primary amides is 1. The third-order valence-electron chi connectivity index (χ3n) is 10.3. The Morgan fingerprint density at radius 2 is 1.74 bits per heavy atom. The molecule has 11 nitrogen and oxygen atoms in total. The van der Waals surface area contributed by atoms with Crippen LogP contribution >= 0.6 is 11.6 Å². The zero-order valence-corrected chi connectivity index (χ0v) is 28.4. The molecular weight excluding hydrogens is 622 g/mol. The number of ketones is 1. The van der Waals surface area contributed by atoms with Crippen molar-refractivity contribution < 1.29 is 28.8 Å². The molecule has 2 aliphatic heterocycles. The predicted octanol–water partition coefficient (Wildman–Crippen LogP) is 4.03. The summed E-state index contributed by atoms with van der Waals surface area (Å²) in [6.07, 6.45) is 9.29. The van der Waals surface area contributed by atoms with E-state index in [0.717, 1.165) is 50.5 Å². The molecule has 4 aliphatic rings. The molecule has 0 aromatic heterocycles. The SMILES string of the molecule is CC(C)(C)[C@H](NC(=O)CC1CCCCC1)C(=O)N1C[C@@]2(CC(c3cccc(Cl)c3)=NO2)C[C@H]1C(=O)NC(CC1CCC1)C(=O)C(N)=O. The van der Waals surface area contributed by atoms with Gasteiger partial charge in [-0.25, -0.2) is 0 Å². The minimum Gasteiger partial charge on any atom is -0.387 e. The Morgan fingerprint density at radius 1 is 1.04 bits per heavy atom. The van der Waals surface area contributed by atoms with Crippen LogP contribution in [0.25, 0.3) is 0 Å². The Morgan fingerprint density at radius 3 is 2.36 bits per heavy atom. The van der Waals surface area contributed by atoms with E-state index in [9.17, 15) is 24.0 Å². The van der Waals surface area contributed by atoms with Gasteiger partial charge in [0.15, 0.2) is 5.60 Å². The highest BCUT2D eigenvalue weighted by atomic mass is 35.5. The van der Waals surface area contributed by atoms with Crippen molar-refractivity contribution in [2.45, 2.75) is 122 Å². The molecular formula is C35H48ClN5O6. The largest absolute Gasteiger partial charge is 0.387 e. The lowest BCUT2D eigenvalue weighted by molar-refractivity contribution is -0.145. The molecule has 2 heterocycles. The number of oxime groups is 1. The average Bonchev–Trinajstić information content (AvgIpc) is 3.60. The maximum Gasteiger partial charge on any atom is 0.287 e. The first-order chi connectivity index (χ1) is 22.2. The van der Waals surface area contributed by atoms with Crippen molar-refractivity contribution in [3.8, 4) is 0 Å². The van der Waals surface area contributed by atoms with Gasteiger partial charge in [0, 0.05) is 29.8 Å². The minimum atomic E-state index is -1.11. The summed E-state index contributed by atoms with van der Waals surface area (Å²) in [5.41, 5.74) is 5.09. The van der Waals surface area contributed by atoms with Gasteiger partial charge in [-0.15, -0.1) is 0 Å². The standard InChI is InChI=1S/C35H48ClN5O6/c1-34(2,3)30(39-28(42)16-22-9-5-4-6-10-22)33(46)41-20-35(18-26(40-47-35)23-13-8-14-24(36)17-23)19-27(41)32(45)38-25(29(43)31(37)44)15-21-11-7-12-21/h8,13-14,17,21-22,25,27,30H,4-7,9-12,15-16,18-20H2,1-3H3,(H2,37,44)(H,38,45)(H,39,42)/t25?,27-,30+,35+/m0/s1. The molecule has 4 N–H and O–H groups in total. The third kappa shape index (κ3) is 8.34. The number of hydrogen-bond acceptors (Lipinski definition) is 7. The maximum atomic E-state index is 14.5. The Labute approximate surface area is 281 Å². The Kier molecular flexibility index (Phi) is 10.6. The summed E-state index contributed by atoms with van der Waals surface area (Å²) >= 11 is 6.23. The highest BCUT2D eigenvalue weighted by molar-refractivity contribution is 6.37. The molecule has 5 rings (SSSR count). The fourth-order valence-corrected chi connectivity index (χ4v) is 7.56. The zero-order valence-electron chi connectivity index (χ0n) is 27.7. The number of hydrogen-bond donors (Lipinski definition) is 3. The van der Waals surface area contributed by atoms with Gasteiger partial charge in [0.1, 0.15) is 12.1 Å². The van der Waals surface area contributed by atoms with Crippen molar-refractivity contribution in [3.05, 3.63) is 34.9 Å². The van der Waals surface area contributed by atoms with E-state index in [1.807, 2.05) is 32.9 Å². The number of nitrogens with one attached hydrogen (secondary N) is 2. The number of halogens is 1. The van der Waals surface area contributed by atoms with Gasteiger partial charge in [0.05, 0.1) is 18.3 Å². The second kappa shape index (κ2) is 14.3. The monoisotopic (exact) mass is 669 g/mol. The summed E-state index contributed by atoms with van der Waals surface area (Å²) in [6, 6.07) is 4.17. The van der Waals surface area contributed by atoms with Crippen molar-refractivity contribution in [1.29, 1.82) is 0 Å². The van der Waals surface area contributed by atoms with Gasteiger partial charge in [-0.3, -0.25) is 24.0 Å². The van der Waals surface area contributed by atoms with Gasteiger partial charge in [-0.05, 0) is 48.6 Å². The first-order valence-electron chi connectivity index (χ1n) is 17.0. The Balaban J connectivity index is 1.39. The first-order valence-corrected chi connectivity index (χ1v) is 17.4. The van der Waals surface area contributed by atoms with Crippen LogP contribution in [0.4, 0.5) is 0 Å². The van der Waals surface area contributed by atoms with Crippen molar-refractivity contribution in [3.63, 3.8) is 0 Å². The van der Waals surface area contributed by atoms with Gasteiger partial charge in [-0.1, -0.05) is 88.2 Å². The van der Waals surface area contributed by atoms with Crippen molar-refractivity contribution in [2.24, 2.45) is 28.1 Å². The molecule has 3 fully saturated rings. The number of benzene rings is 1. The molecule has 1 saturated heterocycles. The Bertz CT molecular complexity index is 1420. The van der Waals surface area contributed by atoms with Crippen LogP contribution < -0.4 is 16.4 Å². The topological polar surface area (TPSA) is 160 Å². The van der Waals surface area contributed by atoms with Crippen LogP contribution in [0.3, 0.4) is 0 Å². The number of rotatable bonds is 11. The van der Waals surface area contributed by atoms with Crippen LogP contribution in [0, 0.1) is 17.3 Å². The molecule has 256 valence electrons. The van der Waals surface area contributed by atoms with E-state index in [1.54, 1.807) is 12.1 Å². The molecule has 2 saturated carbocycles. The molecule has 1 unspecified atom stereocenters. The summed E-state index contributed by atoms with van der Waals surface area (Å²) < 4.78 is 0. The molecule has 47 heavy (non-hydrogen) atoms. The molecule has 1 aromatic rings. The number of carbonyl (C=O) groups excluding carboxylic acids is 5. The number of carbonyl (C=O) groups is 5. The molecule has 1 spiro atoms. The number of nitrogens with two attached hydrogens (primary N) is 1. The van der Waals surface area contributed by atoms with E-state index in [1.165, 1.54) is 11.3 Å². The summed E-state index contributed by atoms with van der Waals surface area (Å²) in [5, 5.41) is 10.7. The lowest BCUT2D eigenvalue weighted by Gasteiger charge is -2.36. The van der Waals surface area contributed by atoms with E-state index < -0.39 is 52.6 Å². The molecule has 2 aliphatic carbocycles. The van der Waals surface area contributed by atoms with Gasteiger partial charge in [0.25, 0.3) is 5.91 Å². The second-order valence-corrected chi connectivity index (χ2v) is 15.5. The van der Waals surface area contributed by atoms with E-state index in [2.05, 4.69) is 15.8 Å². The van der Waals surface area contributed by atoms with Gasteiger partial charge in [-0.2, -0.15) is 0 Å². The first kappa shape index (κ1) is 34.9. The van der Waals surface area contributed by atoms with Crippen molar-refractivity contribution in [1.82, 2.24) is 15.5 Å². The third-order valence-corrected chi connectivity index (χ3v) is 10.5. The predicted molar refractivity (Wildman–Crippen MR) is 177 cm³/mol. The fourth-order valence-electron chi connectivity index (χ4n) is 7.37. The van der Waals surface area contributed by atoms with E-state index in [-0.39, 0.29) is 30.7 Å². The van der Waals surface area contributed by atoms with Crippen LogP contribution in [0.5, 0.6) is 0 Å². The molecule has 0 bridgehead atoms. The van der Waals surface area contributed by atoms with Gasteiger partial charge in [0.2, 0.25) is 23.5 Å². The normalized spacial score (nSPS) is 24.6. The van der Waals surface area contributed by atoms with Gasteiger partial charge < -0.3 is 26.1 Å². The van der Waals surface area contributed by atoms with Crippen molar-refractivity contribution >= 4 is 46.7 Å². The number of likely N-dealkylation sites (tertiary alicyclic amines) is 1. The molecule has 4 atom stereocenters. The maximum absolute atomic E-state index is 14.5. The summed E-state index contributed by atoms with van der Waals surface area (Å²) in [4.78, 5) is 74.1. The number of nitrogens with zero attached hydrogens (tertiary/aromatic N) is 2. The molecule has 0 radical (unpaired) electrons. The van der Waals surface area contributed by atoms with E-state index >= 15 is 0 Å². The molecule has 1 aromatic carbocycles. The molecule has 12 heteroatoms. The van der Waals surface area contributed by atoms with Gasteiger partial charge >= 0.3 is 0 Å². The van der Waals surface area contributed by atoms with E-state index in [0.29, 0.717) is 30.0 Å². The van der Waals surface area contributed by atoms with Crippen LogP contribution in [0.2, 0.25) is 5.02 Å². The highest BCUT2D eigenvalue weighted by Crippen LogP contribution is 2.40. The van der Waals surface area contributed by atoms with Crippen LogP contribution in [0.15, 0.2) is 29.4 Å². The van der Waals surface area contributed by atoms with Crippen LogP contribution in [0.1, 0.15) is 103 Å². The smallest absolute Gasteiger partial charge is 0.287 e. The zero-order chi connectivity index (χ0) is 33.9. The van der Waals surface area contributed by atoms with Crippen molar-refractivity contribution in [2.75, 3.05) is 6.54 Å².